The number of guanidine groups is 1. The van der Waals surface area contributed by atoms with Crippen molar-refractivity contribution in [1.82, 2.24) is 15.6 Å². The first-order chi connectivity index (χ1) is 12.6. The molecule has 140 valence electrons. The van der Waals surface area contributed by atoms with E-state index in [9.17, 15) is 0 Å². The number of ether oxygens (including phenoxy) is 1. The second kappa shape index (κ2) is 10.7. The highest BCUT2D eigenvalue weighted by Gasteiger charge is 2.05. The fourth-order valence-electron chi connectivity index (χ4n) is 2.33. The highest BCUT2D eigenvalue weighted by Crippen LogP contribution is 2.18. The summed E-state index contributed by atoms with van der Waals surface area (Å²) in [4.78, 5) is 8.36. The van der Waals surface area contributed by atoms with Crippen molar-refractivity contribution >= 4 is 17.6 Å². The normalized spacial score (nSPS) is 11.5. The number of pyridine rings is 1. The van der Waals surface area contributed by atoms with Gasteiger partial charge in [0.2, 0.25) is 0 Å². The minimum Gasteiger partial charge on any atom is -0.493 e. The Kier molecular flexibility index (Phi) is 8.22. The topological polar surface area (TPSA) is 58.5 Å². The number of hydrogen-bond acceptors (Lipinski definition) is 3. The molecule has 6 heteroatoms. The van der Waals surface area contributed by atoms with Crippen molar-refractivity contribution < 1.29 is 4.74 Å². The van der Waals surface area contributed by atoms with Gasteiger partial charge in [0.1, 0.15) is 10.9 Å². The molecule has 0 spiro atoms. The van der Waals surface area contributed by atoms with E-state index in [-0.39, 0.29) is 0 Å². The van der Waals surface area contributed by atoms with E-state index in [1.54, 1.807) is 19.3 Å². The SMILES string of the molecule is CN=C(NCCc1ccc(Cl)nc1)NCc1ccccc1OCC(C)C. The molecule has 0 aliphatic heterocycles. The quantitative estimate of drug-likeness (QED) is 0.420. The third-order valence-corrected chi connectivity index (χ3v) is 3.93. The largest absolute Gasteiger partial charge is 0.493 e. The number of nitrogens with one attached hydrogen (secondary N) is 2. The molecule has 1 aromatic heterocycles. The summed E-state index contributed by atoms with van der Waals surface area (Å²) in [5.74, 6) is 2.16. The summed E-state index contributed by atoms with van der Waals surface area (Å²) in [6.45, 7) is 6.40. The van der Waals surface area contributed by atoms with Crippen molar-refractivity contribution in [2.24, 2.45) is 10.9 Å². The van der Waals surface area contributed by atoms with Crippen LogP contribution in [0.2, 0.25) is 5.15 Å². The van der Waals surface area contributed by atoms with E-state index >= 15 is 0 Å². The van der Waals surface area contributed by atoms with Crippen LogP contribution in [0.1, 0.15) is 25.0 Å². The van der Waals surface area contributed by atoms with Gasteiger partial charge in [0.05, 0.1) is 6.61 Å². The predicted molar refractivity (Wildman–Crippen MR) is 108 cm³/mol. The summed E-state index contributed by atoms with van der Waals surface area (Å²) in [6, 6.07) is 11.9. The summed E-state index contributed by atoms with van der Waals surface area (Å²) >= 11 is 5.80. The number of rotatable bonds is 8. The maximum absolute atomic E-state index is 5.90. The van der Waals surface area contributed by atoms with E-state index < -0.39 is 0 Å². The van der Waals surface area contributed by atoms with Gasteiger partial charge < -0.3 is 15.4 Å². The lowest BCUT2D eigenvalue weighted by atomic mass is 10.2. The number of aliphatic imine (C=N–C) groups is 1. The standard InChI is InChI=1S/C20H27ClN4O/c1-15(2)14-26-18-7-5-4-6-17(18)13-25-20(22-3)23-11-10-16-8-9-19(21)24-12-16/h4-9,12,15H,10-11,13-14H2,1-3H3,(H2,22,23,25). The second-order valence-electron chi connectivity index (χ2n) is 6.40. The first-order valence-electron chi connectivity index (χ1n) is 8.84. The highest BCUT2D eigenvalue weighted by molar-refractivity contribution is 6.29. The van der Waals surface area contributed by atoms with E-state index in [2.05, 4.69) is 40.5 Å². The molecule has 0 atom stereocenters. The number of aromatic nitrogens is 1. The Bertz CT molecular complexity index is 701. The maximum Gasteiger partial charge on any atom is 0.191 e. The van der Waals surface area contributed by atoms with Gasteiger partial charge >= 0.3 is 0 Å². The Morgan fingerprint density at radius 3 is 2.69 bits per heavy atom. The lowest BCUT2D eigenvalue weighted by Crippen LogP contribution is -2.37. The zero-order valence-corrected chi connectivity index (χ0v) is 16.4. The molecule has 0 radical (unpaired) electrons. The van der Waals surface area contributed by atoms with Crippen molar-refractivity contribution in [2.45, 2.75) is 26.8 Å². The Labute approximate surface area is 160 Å². The van der Waals surface area contributed by atoms with Crippen LogP contribution in [0.5, 0.6) is 5.75 Å². The average molecular weight is 375 g/mol. The third kappa shape index (κ3) is 6.92. The molecule has 0 bridgehead atoms. The van der Waals surface area contributed by atoms with Crippen LogP contribution in [0.4, 0.5) is 0 Å². The van der Waals surface area contributed by atoms with Crippen molar-refractivity contribution in [3.63, 3.8) is 0 Å². The van der Waals surface area contributed by atoms with Crippen molar-refractivity contribution in [2.75, 3.05) is 20.2 Å². The minimum atomic E-state index is 0.493. The molecule has 0 saturated heterocycles. The van der Waals surface area contributed by atoms with Crippen LogP contribution in [0.15, 0.2) is 47.6 Å². The monoisotopic (exact) mass is 374 g/mol. The Morgan fingerprint density at radius 2 is 2.00 bits per heavy atom. The first kappa shape index (κ1) is 20.0. The van der Waals surface area contributed by atoms with Crippen LogP contribution >= 0.6 is 11.6 Å². The van der Waals surface area contributed by atoms with Crippen molar-refractivity contribution in [3.8, 4) is 5.75 Å². The van der Waals surface area contributed by atoms with Gasteiger partial charge in [0.25, 0.3) is 0 Å². The van der Waals surface area contributed by atoms with Gasteiger partial charge in [0, 0.05) is 31.9 Å². The fourth-order valence-corrected chi connectivity index (χ4v) is 2.44. The van der Waals surface area contributed by atoms with E-state index in [1.807, 2.05) is 24.3 Å². The predicted octanol–water partition coefficient (Wildman–Crippen LogP) is 3.68. The van der Waals surface area contributed by atoms with Gasteiger partial charge in [-0.3, -0.25) is 4.99 Å². The van der Waals surface area contributed by atoms with E-state index in [4.69, 9.17) is 16.3 Å². The molecule has 0 fully saturated rings. The number of para-hydroxylation sites is 1. The van der Waals surface area contributed by atoms with Crippen LogP contribution in [0.3, 0.4) is 0 Å². The lowest BCUT2D eigenvalue weighted by Gasteiger charge is -2.15. The average Bonchev–Trinajstić information content (AvgIpc) is 2.65. The molecule has 1 heterocycles. The molecule has 5 nitrogen and oxygen atoms in total. The lowest BCUT2D eigenvalue weighted by molar-refractivity contribution is 0.268. The minimum absolute atomic E-state index is 0.493. The van der Waals surface area contributed by atoms with E-state index in [0.717, 1.165) is 35.8 Å². The molecular formula is C20H27ClN4O. The molecule has 2 N–H and O–H groups in total. The van der Waals surface area contributed by atoms with Gasteiger partial charge in [-0.25, -0.2) is 4.98 Å². The smallest absolute Gasteiger partial charge is 0.191 e. The zero-order chi connectivity index (χ0) is 18.8. The van der Waals surface area contributed by atoms with Gasteiger partial charge in [-0.05, 0) is 30.0 Å². The summed E-state index contributed by atoms with van der Waals surface area (Å²) < 4.78 is 5.90. The van der Waals surface area contributed by atoms with Gasteiger partial charge in [-0.15, -0.1) is 0 Å². The molecular weight excluding hydrogens is 348 g/mol. The zero-order valence-electron chi connectivity index (χ0n) is 15.6. The Balaban J connectivity index is 1.82. The molecule has 0 amide bonds. The van der Waals surface area contributed by atoms with Crippen LogP contribution in [0, 0.1) is 5.92 Å². The van der Waals surface area contributed by atoms with E-state index in [0.29, 0.717) is 24.2 Å². The summed E-state index contributed by atoms with van der Waals surface area (Å²) in [5.41, 5.74) is 2.24. The number of hydrogen-bond donors (Lipinski definition) is 2. The third-order valence-electron chi connectivity index (χ3n) is 3.71. The summed E-state index contributed by atoms with van der Waals surface area (Å²) in [7, 11) is 1.76. The van der Waals surface area contributed by atoms with Gasteiger partial charge in [0.15, 0.2) is 5.96 Å². The van der Waals surface area contributed by atoms with Gasteiger partial charge in [-0.2, -0.15) is 0 Å². The second-order valence-corrected chi connectivity index (χ2v) is 6.79. The molecule has 1 aromatic carbocycles. The molecule has 2 rings (SSSR count). The first-order valence-corrected chi connectivity index (χ1v) is 9.22. The van der Waals surface area contributed by atoms with Crippen molar-refractivity contribution in [3.05, 3.63) is 58.9 Å². The van der Waals surface area contributed by atoms with Crippen LogP contribution < -0.4 is 15.4 Å². The molecule has 26 heavy (non-hydrogen) atoms. The Morgan fingerprint density at radius 1 is 1.19 bits per heavy atom. The molecule has 0 saturated carbocycles. The number of nitrogens with zero attached hydrogens (tertiary/aromatic N) is 2. The summed E-state index contributed by atoms with van der Waals surface area (Å²) in [6.07, 6.45) is 2.64. The number of halogens is 1. The maximum atomic E-state index is 5.90. The highest BCUT2D eigenvalue weighted by atomic mass is 35.5. The Hall–Kier alpha value is -2.27. The molecule has 0 aliphatic rings. The number of benzene rings is 1. The van der Waals surface area contributed by atoms with Crippen molar-refractivity contribution in [1.29, 1.82) is 0 Å². The van der Waals surface area contributed by atoms with E-state index in [1.165, 1.54) is 0 Å². The van der Waals surface area contributed by atoms with Crippen LogP contribution in [-0.2, 0) is 13.0 Å². The molecule has 0 aliphatic carbocycles. The summed E-state index contributed by atoms with van der Waals surface area (Å²) in [5, 5.41) is 7.15. The molecule has 0 unspecified atom stereocenters. The fraction of sp³-hybridized carbons (Fsp3) is 0.400. The van der Waals surface area contributed by atoms with Crippen LogP contribution in [-0.4, -0.2) is 31.1 Å². The molecule has 2 aromatic rings. The van der Waals surface area contributed by atoms with Crippen LogP contribution in [0.25, 0.3) is 0 Å². The van der Waals surface area contributed by atoms with Gasteiger partial charge in [-0.1, -0.05) is 49.7 Å².